The molecule has 0 heterocycles. The Hall–Kier alpha value is -1.42. The van der Waals surface area contributed by atoms with E-state index in [1.165, 1.54) is 0 Å². The summed E-state index contributed by atoms with van der Waals surface area (Å²) >= 11 is 11.7. The van der Waals surface area contributed by atoms with Gasteiger partial charge in [-0.25, -0.2) is 0 Å². The van der Waals surface area contributed by atoms with E-state index >= 15 is 0 Å². The fourth-order valence-corrected chi connectivity index (χ4v) is 1.98. The van der Waals surface area contributed by atoms with Crippen LogP contribution in [0, 0.1) is 0 Å². The Bertz CT molecular complexity index is 576. The Labute approximate surface area is 128 Å². The summed E-state index contributed by atoms with van der Waals surface area (Å²) < 4.78 is 11.2. The standard InChI is InChI=1S/C15H15Cl2NO2/c16-13-6-5-12(9-14(13)17)19-7-8-20-15-4-2-1-3-11(15)10-18/h1-6,9H,7-8,10,18H2. The number of hydrogen-bond acceptors (Lipinski definition) is 3. The maximum absolute atomic E-state index is 5.91. The predicted octanol–water partition coefficient (Wildman–Crippen LogP) is 3.91. The zero-order chi connectivity index (χ0) is 14.4. The van der Waals surface area contributed by atoms with E-state index in [9.17, 15) is 0 Å². The van der Waals surface area contributed by atoms with Gasteiger partial charge in [0.05, 0.1) is 10.0 Å². The highest BCUT2D eigenvalue weighted by atomic mass is 35.5. The lowest BCUT2D eigenvalue weighted by atomic mass is 10.2. The van der Waals surface area contributed by atoms with Crippen molar-refractivity contribution in [3.8, 4) is 11.5 Å². The van der Waals surface area contributed by atoms with Crippen LogP contribution in [0.15, 0.2) is 42.5 Å². The van der Waals surface area contributed by atoms with Crippen LogP contribution in [-0.4, -0.2) is 13.2 Å². The zero-order valence-corrected chi connectivity index (χ0v) is 12.3. The Morgan fingerprint density at radius 2 is 1.65 bits per heavy atom. The second-order valence-corrected chi connectivity index (χ2v) is 4.90. The Morgan fingerprint density at radius 1 is 0.900 bits per heavy atom. The van der Waals surface area contributed by atoms with Crippen LogP contribution in [0.2, 0.25) is 10.0 Å². The topological polar surface area (TPSA) is 44.5 Å². The van der Waals surface area contributed by atoms with Crippen molar-refractivity contribution in [1.29, 1.82) is 0 Å². The van der Waals surface area contributed by atoms with Gasteiger partial charge in [0, 0.05) is 18.2 Å². The lowest BCUT2D eigenvalue weighted by Crippen LogP contribution is -2.10. The quantitative estimate of drug-likeness (QED) is 0.823. The first-order chi connectivity index (χ1) is 9.70. The molecule has 0 saturated carbocycles. The smallest absolute Gasteiger partial charge is 0.123 e. The fraction of sp³-hybridized carbons (Fsp3) is 0.200. The molecule has 20 heavy (non-hydrogen) atoms. The third kappa shape index (κ3) is 4.04. The van der Waals surface area contributed by atoms with E-state index in [1.54, 1.807) is 18.2 Å². The normalized spacial score (nSPS) is 10.3. The summed E-state index contributed by atoms with van der Waals surface area (Å²) in [5.41, 5.74) is 6.61. The van der Waals surface area contributed by atoms with Crippen molar-refractivity contribution < 1.29 is 9.47 Å². The van der Waals surface area contributed by atoms with Gasteiger partial charge in [-0.1, -0.05) is 41.4 Å². The average molecular weight is 312 g/mol. The molecule has 0 saturated heterocycles. The minimum Gasteiger partial charge on any atom is -0.490 e. The third-order valence-electron chi connectivity index (χ3n) is 2.69. The molecule has 5 heteroatoms. The molecule has 0 amide bonds. The molecule has 3 nitrogen and oxygen atoms in total. The van der Waals surface area contributed by atoms with E-state index in [0.29, 0.717) is 35.6 Å². The average Bonchev–Trinajstić information content (AvgIpc) is 2.47. The predicted molar refractivity (Wildman–Crippen MR) is 81.8 cm³/mol. The second-order valence-electron chi connectivity index (χ2n) is 4.08. The van der Waals surface area contributed by atoms with Crippen LogP contribution in [0.25, 0.3) is 0 Å². The maximum Gasteiger partial charge on any atom is 0.123 e. The fourth-order valence-electron chi connectivity index (χ4n) is 1.69. The minimum atomic E-state index is 0.414. The molecule has 0 aliphatic heterocycles. The zero-order valence-electron chi connectivity index (χ0n) is 10.8. The van der Waals surface area contributed by atoms with Crippen LogP contribution in [-0.2, 0) is 6.54 Å². The first-order valence-electron chi connectivity index (χ1n) is 6.19. The maximum atomic E-state index is 5.91. The molecule has 0 radical (unpaired) electrons. The van der Waals surface area contributed by atoms with E-state index < -0.39 is 0 Å². The molecule has 0 bridgehead atoms. The van der Waals surface area contributed by atoms with Crippen molar-refractivity contribution >= 4 is 23.2 Å². The molecule has 0 spiro atoms. The minimum absolute atomic E-state index is 0.414. The summed E-state index contributed by atoms with van der Waals surface area (Å²) in [6, 6.07) is 12.8. The summed E-state index contributed by atoms with van der Waals surface area (Å²) in [4.78, 5) is 0. The monoisotopic (exact) mass is 311 g/mol. The Balaban J connectivity index is 1.83. The SMILES string of the molecule is NCc1ccccc1OCCOc1ccc(Cl)c(Cl)c1. The number of ether oxygens (including phenoxy) is 2. The van der Waals surface area contributed by atoms with Gasteiger partial charge >= 0.3 is 0 Å². The van der Waals surface area contributed by atoms with Gasteiger partial charge in [-0.2, -0.15) is 0 Å². The second kappa shape index (κ2) is 7.39. The summed E-state index contributed by atoms with van der Waals surface area (Å²) in [5.74, 6) is 1.45. The molecule has 2 N–H and O–H groups in total. The van der Waals surface area contributed by atoms with Crippen molar-refractivity contribution in [3.05, 3.63) is 58.1 Å². The largest absolute Gasteiger partial charge is 0.490 e. The molecular formula is C15H15Cl2NO2. The van der Waals surface area contributed by atoms with Gasteiger partial charge in [0.1, 0.15) is 24.7 Å². The van der Waals surface area contributed by atoms with E-state index in [1.807, 2.05) is 24.3 Å². The van der Waals surface area contributed by atoms with Crippen molar-refractivity contribution in [1.82, 2.24) is 0 Å². The first-order valence-corrected chi connectivity index (χ1v) is 6.95. The van der Waals surface area contributed by atoms with Gasteiger partial charge in [0.2, 0.25) is 0 Å². The van der Waals surface area contributed by atoms with E-state index in [0.717, 1.165) is 11.3 Å². The highest BCUT2D eigenvalue weighted by Crippen LogP contribution is 2.26. The molecule has 0 unspecified atom stereocenters. The molecule has 0 atom stereocenters. The van der Waals surface area contributed by atoms with Crippen molar-refractivity contribution in [2.24, 2.45) is 5.73 Å². The van der Waals surface area contributed by atoms with Crippen LogP contribution in [0.1, 0.15) is 5.56 Å². The van der Waals surface area contributed by atoms with Gasteiger partial charge in [0.25, 0.3) is 0 Å². The van der Waals surface area contributed by atoms with Crippen LogP contribution >= 0.6 is 23.2 Å². The van der Waals surface area contributed by atoms with E-state index in [-0.39, 0.29) is 0 Å². The van der Waals surface area contributed by atoms with E-state index in [4.69, 9.17) is 38.4 Å². The summed E-state index contributed by atoms with van der Waals surface area (Å²) in [6.45, 7) is 1.29. The number of benzene rings is 2. The summed E-state index contributed by atoms with van der Waals surface area (Å²) in [6.07, 6.45) is 0. The lowest BCUT2D eigenvalue weighted by Gasteiger charge is -2.11. The number of halogens is 2. The summed E-state index contributed by atoms with van der Waals surface area (Å²) in [5, 5.41) is 0.978. The molecule has 0 aliphatic rings. The highest BCUT2D eigenvalue weighted by molar-refractivity contribution is 6.42. The van der Waals surface area contributed by atoms with Gasteiger partial charge < -0.3 is 15.2 Å². The van der Waals surface area contributed by atoms with Gasteiger partial charge in [-0.05, 0) is 18.2 Å². The molecule has 2 aromatic rings. The van der Waals surface area contributed by atoms with Gasteiger partial charge in [0.15, 0.2) is 0 Å². The molecule has 106 valence electrons. The Kier molecular flexibility index (Phi) is 5.53. The van der Waals surface area contributed by atoms with Gasteiger partial charge in [-0.15, -0.1) is 0 Å². The number of rotatable bonds is 6. The van der Waals surface area contributed by atoms with Crippen molar-refractivity contribution in [3.63, 3.8) is 0 Å². The lowest BCUT2D eigenvalue weighted by molar-refractivity contribution is 0.216. The van der Waals surface area contributed by atoms with Gasteiger partial charge in [-0.3, -0.25) is 0 Å². The molecule has 2 rings (SSSR count). The van der Waals surface area contributed by atoms with E-state index in [2.05, 4.69) is 0 Å². The first kappa shape index (κ1) is 15.0. The molecular weight excluding hydrogens is 297 g/mol. The molecule has 2 aromatic carbocycles. The molecule has 0 fully saturated rings. The van der Waals surface area contributed by atoms with Crippen molar-refractivity contribution in [2.45, 2.75) is 6.54 Å². The molecule has 0 aromatic heterocycles. The van der Waals surface area contributed by atoms with Crippen LogP contribution in [0.3, 0.4) is 0 Å². The van der Waals surface area contributed by atoms with Crippen LogP contribution in [0.4, 0.5) is 0 Å². The molecule has 0 aliphatic carbocycles. The van der Waals surface area contributed by atoms with Crippen molar-refractivity contribution in [2.75, 3.05) is 13.2 Å². The van der Waals surface area contributed by atoms with Crippen LogP contribution in [0.5, 0.6) is 11.5 Å². The number of hydrogen-bond donors (Lipinski definition) is 1. The van der Waals surface area contributed by atoms with Crippen LogP contribution < -0.4 is 15.2 Å². The number of para-hydroxylation sites is 1. The number of nitrogens with two attached hydrogens (primary N) is 1. The summed E-state index contributed by atoms with van der Waals surface area (Å²) in [7, 11) is 0. The third-order valence-corrected chi connectivity index (χ3v) is 3.43. The Morgan fingerprint density at radius 3 is 2.40 bits per heavy atom. The highest BCUT2D eigenvalue weighted by Gasteiger charge is 2.02.